The van der Waals surface area contributed by atoms with Crippen molar-refractivity contribution in [1.29, 1.82) is 0 Å². The van der Waals surface area contributed by atoms with Crippen LogP contribution in [0.15, 0.2) is 18.2 Å². The zero-order valence-electron chi connectivity index (χ0n) is 9.06. The zero-order chi connectivity index (χ0) is 11.3. The van der Waals surface area contributed by atoms with Gasteiger partial charge in [0.1, 0.15) is 18.1 Å². The molecule has 1 aromatic rings. The van der Waals surface area contributed by atoms with Crippen LogP contribution < -0.4 is 15.2 Å². The maximum Gasteiger partial charge on any atom is 0.125 e. The summed E-state index contributed by atoms with van der Waals surface area (Å²) in [6.07, 6.45) is 0.219. The highest BCUT2D eigenvalue weighted by atomic mass is 16.5. The van der Waals surface area contributed by atoms with E-state index < -0.39 is 6.10 Å². The number of rotatable bonds is 5. The quantitative estimate of drug-likeness (QED) is 0.723. The van der Waals surface area contributed by atoms with E-state index in [1.807, 2.05) is 6.92 Å². The van der Waals surface area contributed by atoms with Crippen LogP contribution in [0.5, 0.6) is 11.5 Å². The summed E-state index contributed by atoms with van der Waals surface area (Å²) >= 11 is 0. The Morgan fingerprint density at radius 3 is 2.60 bits per heavy atom. The molecule has 0 bridgehead atoms. The van der Waals surface area contributed by atoms with Gasteiger partial charge in [-0.1, -0.05) is 6.92 Å². The van der Waals surface area contributed by atoms with Crippen LogP contribution in [0.3, 0.4) is 0 Å². The van der Waals surface area contributed by atoms with Crippen LogP contribution in [-0.2, 0) is 0 Å². The number of hydrogen-bond acceptors (Lipinski definition) is 4. The number of nitrogens with two attached hydrogens (primary N) is 1. The Bertz CT molecular complexity index is 315. The van der Waals surface area contributed by atoms with E-state index in [1.165, 1.54) is 0 Å². The lowest BCUT2D eigenvalue weighted by atomic mass is 10.2. The normalized spacial score (nSPS) is 12.2. The van der Waals surface area contributed by atoms with Crippen LogP contribution in [0.1, 0.15) is 13.3 Å². The van der Waals surface area contributed by atoms with E-state index in [0.29, 0.717) is 23.6 Å². The first-order valence-electron chi connectivity index (χ1n) is 4.91. The molecule has 0 aromatic heterocycles. The molecule has 3 N–H and O–H groups in total. The van der Waals surface area contributed by atoms with Gasteiger partial charge in [-0.25, -0.2) is 0 Å². The van der Waals surface area contributed by atoms with Gasteiger partial charge in [0.15, 0.2) is 0 Å². The Hall–Kier alpha value is -1.42. The minimum absolute atomic E-state index is 0.267. The lowest BCUT2D eigenvalue weighted by Gasteiger charge is -2.11. The van der Waals surface area contributed by atoms with Crippen molar-refractivity contribution in [1.82, 2.24) is 0 Å². The predicted molar refractivity (Wildman–Crippen MR) is 59.2 cm³/mol. The number of hydrogen-bond donors (Lipinski definition) is 2. The first-order chi connectivity index (χ1) is 7.15. The van der Waals surface area contributed by atoms with E-state index in [2.05, 4.69) is 0 Å². The summed E-state index contributed by atoms with van der Waals surface area (Å²) < 4.78 is 10.4. The SMILES string of the molecule is CCC(O)COc1cc(N)cc(OC)c1. The minimum Gasteiger partial charge on any atom is -0.497 e. The van der Waals surface area contributed by atoms with Crippen molar-refractivity contribution in [2.24, 2.45) is 0 Å². The van der Waals surface area contributed by atoms with E-state index in [9.17, 15) is 5.11 Å². The summed E-state index contributed by atoms with van der Waals surface area (Å²) in [5.74, 6) is 1.26. The smallest absolute Gasteiger partial charge is 0.125 e. The van der Waals surface area contributed by atoms with E-state index in [0.717, 1.165) is 0 Å². The fraction of sp³-hybridized carbons (Fsp3) is 0.455. The molecule has 0 radical (unpaired) electrons. The molecule has 0 saturated carbocycles. The highest BCUT2D eigenvalue weighted by Gasteiger charge is 2.04. The monoisotopic (exact) mass is 211 g/mol. The topological polar surface area (TPSA) is 64.7 Å². The number of aliphatic hydroxyl groups is 1. The van der Waals surface area contributed by atoms with Crippen LogP contribution in [0.4, 0.5) is 5.69 Å². The Morgan fingerprint density at radius 1 is 1.33 bits per heavy atom. The standard InChI is InChI=1S/C11H17NO3/c1-3-9(13)7-15-11-5-8(12)4-10(6-11)14-2/h4-6,9,13H,3,7,12H2,1-2H3. The molecule has 0 fully saturated rings. The molecule has 0 aliphatic rings. The van der Waals surface area contributed by atoms with Gasteiger partial charge in [0, 0.05) is 23.9 Å². The molecule has 1 rings (SSSR count). The summed E-state index contributed by atoms with van der Waals surface area (Å²) in [7, 11) is 1.57. The average Bonchev–Trinajstić information content (AvgIpc) is 2.25. The van der Waals surface area contributed by atoms with Crippen molar-refractivity contribution in [2.45, 2.75) is 19.4 Å². The highest BCUT2D eigenvalue weighted by molar-refractivity contribution is 5.50. The van der Waals surface area contributed by atoms with Gasteiger partial charge < -0.3 is 20.3 Å². The van der Waals surface area contributed by atoms with Crippen molar-refractivity contribution in [3.05, 3.63) is 18.2 Å². The minimum atomic E-state index is -0.447. The molecule has 4 heteroatoms. The second kappa shape index (κ2) is 5.46. The second-order valence-electron chi connectivity index (χ2n) is 3.31. The molecule has 1 aromatic carbocycles. The number of ether oxygens (including phenoxy) is 2. The second-order valence-corrected chi connectivity index (χ2v) is 3.31. The Balaban J connectivity index is 2.64. The molecule has 0 amide bonds. The molecule has 0 aliphatic heterocycles. The fourth-order valence-electron chi connectivity index (χ4n) is 1.11. The largest absolute Gasteiger partial charge is 0.497 e. The number of aliphatic hydroxyl groups excluding tert-OH is 1. The molecular formula is C11H17NO3. The Labute approximate surface area is 89.6 Å². The van der Waals surface area contributed by atoms with Crippen molar-refractivity contribution in [3.8, 4) is 11.5 Å². The van der Waals surface area contributed by atoms with Crippen LogP contribution in [0, 0.1) is 0 Å². The van der Waals surface area contributed by atoms with E-state index in [-0.39, 0.29) is 6.61 Å². The molecule has 84 valence electrons. The van der Waals surface area contributed by atoms with Crippen molar-refractivity contribution >= 4 is 5.69 Å². The van der Waals surface area contributed by atoms with Crippen molar-refractivity contribution in [3.63, 3.8) is 0 Å². The fourth-order valence-corrected chi connectivity index (χ4v) is 1.11. The van der Waals surface area contributed by atoms with Crippen molar-refractivity contribution in [2.75, 3.05) is 19.5 Å². The molecule has 15 heavy (non-hydrogen) atoms. The molecule has 0 aliphatic carbocycles. The predicted octanol–water partition coefficient (Wildman–Crippen LogP) is 1.43. The number of methoxy groups -OCH3 is 1. The van der Waals surface area contributed by atoms with Gasteiger partial charge in [-0.15, -0.1) is 0 Å². The Morgan fingerprint density at radius 2 is 2.00 bits per heavy atom. The third kappa shape index (κ3) is 3.67. The third-order valence-electron chi connectivity index (χ3n) is 2.05. The first kappa shape index (κ1) is 11.7. The summed E-state index contributed by atoms with van der Waals surface area (Å²) in [6.45, 7) is 2.16. The van der Waals surface area contributed by atoms with Crippen LogP contribution in [0.25, 0.3) is 0 Å². The maximum atomic E-state index is 9.33. The van der Waals surface area contributed by atoms with Gasteiger partial charge in [0.25, 0.3) is 0 Å². The van der Waals surface area contributed by atoms with Gasteiger partial charge in [-0.05, 0) is 6.42 Å². The van der Waals surface area contributed by atoms with E-state index in [4.69, 9.17) is 15.2 Å². The van der Waals surface area contributed by atoms with Gasteiger partial charge in [0.05, 0.1) is 13.2 Å². The third-order valence-corrected chi connectivity index (χ3v) is 2.05. The molecule has 0 spiro atoms. The van der Waals surface area contributed by atoms with Gasteiger partial charge >= 0.3 is 0 Å². The lowest BCUT2D eigenvalue weighted by molar-refractivity contribution is 0.104. The molecule has 1 atom stereocenters. The van der Waals surface area contributed by atoms with Crippen LogP contribution in [-0.4, -0.2) is 24.9 Å². The number of anilines is 1. The van der Waals surface area contributed by atoms with Crippen LogP contribution in [0.2, 0.25) is 0 Å². The molecule has 0 heterocycles. The highest BCUT2D eigenvalue weighted by Crippen LogP contribution is 2.24. The first-order valence-corrected chi connectivity index (χ1v) is 4.91. The number of nitrogen functional groups attached to an aromatic ring is 1. The molecule has 0 saturated heterocycles. The van der Waals surface area contributed by atoms with E-state index in [1.54, 1.807) is 25.3 Å². The molecule has 1 unspecified atom stereocenters. The maximum absolute atomic E-state index is 9.33. The molecule has 4 nitrogen and oxygen atoms in total. The van der Waals surface area contributed by atoms with Crippen LogP contribution >= 0.6 is 0 Å². The lowest BCUT2D eigenvalue weighted by Crippen LogP contribution is -2.16. The summed E-state index contributed by atoms with van der Waals surface area (Å²) in [5.41, 5.74) is 6.23. The Kier molecular flexibility index (Phi) is 4.24. The zero-order valence-corrected chi connectivity index (χ0v) is 9.06. The molecular weight excluding hydrogens is 194 g/mol. The number of benzene rings is 1. The summed E-state index contributed by atoms with van der Waals surface area (Å²) in [6, 6.07) is 5.15. The van der Waals surface area contributed by atoms with Gasteiger partial charge in [-0.3, -0.25) is 0 Å². The van der Waals surface area contributed by atoms with Gasteiger partial charge in [0.2, 0.25) is 0 Å². The summed E-state index contributed by atoms with van der Waals surface area (Å²) in [4.78, 5) is 0. The average molecular weight is 211 g/mol. The summed E-state index contributed by atoms with van der Waals surface area (Å²) in [5, 5.41) is 9.33. The van der Waals surface area contributed by atoms with Gasteiger partial charge in [-0.2, -0.15) is 0 Å². The van der Waals surface area contributed by atoms with E-state index >= 15 is 0 Å². The van der Waals surface area contributed by atoms with Crippen molar-refractivity contribution < 1.29 is 14.6 Å².